The molecule has 1 aromatic carbocycles. The van der Waals surface area contributed by atoms with Crippen molar-refractivity contribution in [1.29, 1.82) is 0 Å². The zero-order valence-electron chi connectivity index (χ0n) is 21.8. The number of carbonyl (C=O) groups is 2. The molecule has 11 heteroatoms. The van der Waals surface area contributed by atoms with E-state index >= 15 is 0 Å². The molecule has 11 nitrogen and oxygen atoms in total. The Balaban J connectivity index is 1.66. The lowest BCUT2D eigenvalue weighted by molar-refractivity contribution is -0.127. The van der Waals surface area contributed by atoms with E-state index in [1.54, 1.807) is 37.4 Å². The van der Waals surface area contributed by atoms with Gasteiger partial charge < -0.3 is 19.2 Å². The van der Waals surface area contributed by atoms with Crippen molar-refractivity contribution in [2.24, 2.45) is 0 Å². The number of hydrogen-bond donors (Lipinski definition) is 1. The van der Waals surface area contributed by atoms with E-state index in [-0.39, 0.29) is 30.2 Å². The lowest BCUT2D eigenvalue weighted by Gasteiger charge is -2.32. The first-order valence-electron chi connectivity index (χ1n) is 12.6. The summed E-state index contributed by atoms with van der Waals surface area (Å²) in [6.45, 7) is 3.58. The number of nitrogens with one attached hydrogen (secondary N) is 1. The quantitative estimate of drug-likeness (QED) is 0.415. The maximum atomic E-state index is 13.9. The second-order valence-electron chi connectivity index (χ2n) is 9.15. The highest BCUT2D eigenvalue weighted by Gasteiger charge is 2.34. The number of aromatic nitrogens is 4. The SMILES string of the molecule is CCCC(C(=O)NC1CCCC1)N(C(=O)Cn1nnc(-c2ccc(C)o2)n1)c1ccc(OC)cc1OC. The molecule has 0 bridgehead atoms. The number of tetrazole rings is 1. The maximum absolute atomic E-state index is 13.9. The topological polar surface area (TPSA) is 125 Å². The number of aryl methyl sites for hydroxylation is 1. The van der Waals surface area contributed by atoms with Crippen molar-refractivity contribution in [1.82, 2.24) is 25.5 Å². The molecule has 198 valence electrons. The molecule has 1 saturated carbocycles. The van der Waals surface area contributed by atoms with E-state index in [0.717, 1.165) is 31.4 Å². The summed E-state index contributed by atoms with van der Waals surface area (Å²) in [6, 6.07) is 8.09. The van der Waals surface area contributed by atoms with Gasteiger partial charge >= 0.3 is 0 Å². The first kappa shape index (κ1) is 26.2. The molecule has 4 rings (SSSR count). The molecule has 2 aromatic heterocycles. The highest BCUT2D eigenvalue weighted by Crippen LogP contribution is 2.35. The van der Waals surface area contributed by atoms with Gasteiger partial charge in [-0.2, -0.15) is 4.80 Å². The van der Waals surface area contributed by atoms with Crippen molar-refractivity contribution in [3.63, 3.8) is 0 Å². The Hall–Kier alpha value is -3.89. The zero-order chi connectivity index (χ0) is 26.4. The van der Waals surface area contributed by atoms with Gasteiger partial charge in [-0.25, -0.2) is 0 Å². The van der Waals surface area contributed by atoms with Crippen LogP contribution in [0.5, 0.6) is 11.5 Å². The summed E-state index contributed by atoms with van der Waals surface area (Å²) in [7, 11) is 3.08. The minimum atomic E-state index is -0.740. The van der Waals surface area contributed by atoms with Gasteiger partial charge in [0.25, 0.3) is 5.91 Å². The summed E-state index contributed by atoms with van der Waals surface area (Å²) >= 11 is 0. The summed E-state index contributed by atoms with van der Waals surface area (Å²) in [5.41, 5.74) is 0.468. The van der Waals surface area contributed by atoms with Gasteiger partial charge in [0.15, 0.2) is 5.76 Å². The standard InChI is InChI=1S/C26H34N6O5/c1-5-8-21(26(34)27-18-9-6-7-10-18)32(20-13-12-19(35-3)15-23(20)36-4)24(33)16-31-29-25(28-30-31)22-14-11-17(2)37-22/h11-15,18,21H,5-10,16H2,1-4H3,(H,27,34). The van der Waals surface area contributed by atoms with Gasteiger partial charge in [0.2, 0.25) is 11.7 Å². The van der Waals surface area contributed by atoms with Crippen molar-refractivity contribution in [2.75, 3.05) is 19.1 Å². The molecule has 3 aromatic rings. The second-order valence-corrected chi connectivity index (χ2v) is 9.15. The van der Waals surface area contributed by atoms with Crippen LogP contribution in [-0.2, 0) is 16.1 Å². The van der Waals surface area contributed by atoms with Crippen LogP contribution in [-0.4, -0.2) is 58.3 Å². The molecular weight excluding hydrogens is 476 g/mol. The van der Waals surface area contributed by atoms with Gasteiger partial charge in [-0.15, -0.1) is 10.2 Å². The van der Waals surface area contributed by atoms with Crippen molar-refractivity contribution in [3.05, 3.63) is 36.1 Å². The van der Waals surface area contributed by atoms with E-state index in [9.17, 15) is 9.59 Å². The van der Waals surface area contributed by atoms with Crippen LogP contribution in [0.1, 0.15) is 51.2 Å². The molecule has 2 amide bonds. The van der Waals surface area contributed by atoms with Crippen molar-refractivity contribution < 1.29 is 23.5 Å². The molecule has 1 atom stereocenters. The Morgan fingerprint density at radius 2 is 1.97 bits per heavy atom. The van der Waals surface area contributed by atoms with Crippen LogP contribution < -0.4 is 19.7 Å². The summed E-state index contributed by atoms with van der Waals surface area (Å²) < 4.78 is 16.5. The lowest BCUT2D eigenvalue weighted by Crippen LogP contribution is -2.52. The van der Waals surface area contributed by atoms with Crippen LogP contribution in [0.15, 0.2) is 34.7 Å². The lowest BCUT2D eigenvalue weighted by atomic mass is 10.1. The monoisotopic (exact) mass is 510 g/mol. The van der Waals surface area contributed by atoms with Gasteiger partial charge in [0.1, 0.15) is 29.8 Å². The van der Waals surface area contributed by atoms with E-state index in [1.807, 2.05) is 13.8 Å². The highest BCUT2D eigenvalue weighted by molar-refractivity contribution is 6.01. The van der Waals surface area contributed by atoms with Crippen LogP contribution in [0.3, 0.4) is 0 Å². The summed E-state index contributed by atoms with van der Waals surface area (Å²) in [6.07, 6.45) is 5.25. The molecule has 1 aliphatic rings. The Kier molecular flexibility index (Phi) is 8.42. The van der Waals surface area contributed by atoms with Crippen LogP contribution in [0, 0.1) is 6.92 Å². The molecule has 0 spiro atoms. The van der Waals surface area contributed by atoms with Crippen LogP contribution >= 0.6 is 0 Å². The number of nitrogens with zero attached hydrogens (tertiary/aromatic N) is 5. The van der Waals surface area contributed by atoms with Gasteiger partial charge in [-0.3, -0.25) is 14.5 Å². The van der Waals surface area contributed by atoms with Gasteiger partial charge in [-0.05, 0) is 55.7 Å². The number of carbonyl (C=O) groups excluding carboxylic acids is 2. The third-order valence-corrected chi connectivity index (χ3v) is 6.48. The number of ether oxygens (including phenoxy) is 2. The predicted octanol–water partition coefficient (Wildman–Crippen LogP) is 3.52. The zero-order valence-corrected chi connectivity index (χ0v) is 21.8. The fourth-order valence-corrected chi connectivity index (χ4v) is 4.64. The smallest absolute Gasteiger partial charge is 0.251 e. The molecule has 0 saturated heterocycles. The number of rotatable bonds is 11. The molecule has 1 fully saturated rings. The Morgan fingerprint density at radius 3 is 2.62 bits per heavy atom. The number of anilines is 1. The van der Waals surface area contributed by atoms with Crippen molar-refractivity contribution in [3.8, 4) is 23.1 Å². The first-order chi connectivity index (χ1) is 17.9. The molecule has 1 unspecified atom stereocenters. The minimum absolute atomic E-state index is 0.123. The second kappa shape index (κ2) is 11.9. The number of methoxy groups -OCH3 is 2. The van der Waals surface area contributed by atoms with E-state index < -0.39 is 6.04 Å². The normalized spacial score (nSPS) is 14.4. The number of benzene rings is 1. The predicted molar refractivity (Wildman–Crippen MR) is 136 cm³/mol. The summed E-state index contributed by atoms with van der Waals surface area (Å²) in [5.74, 6) is 1.90. The van der Waals surface area contributed by atoms with E-state index in [1.165, 1.54) is 16.8 Å². The van der Waals surface area contributed by atoms with E-state index in [0.29, 0.717) is 35.8 Å². The Morgan fingerprint density at radius 1 is 1.19 bits per heavy atom. The summed E-state index contributed by atoms with van der Waals surface area (Å²) in [5, 5.41) is 15.5. The molecule has 1 N–H and O–H groups in total. The summed E-state index contributed by atoms with van der Waals surface area (Å²) in [4.78, 5) is 30.1. The number of hydrogen-bond acceptors (Lipinski definition) is 8. The fraction of sp³-hybridized carbons (Fsp3) is 0.500. The highest BCUT2D eigenvalue weighted by atomic mass is 16.5. The van der Waals surface area contributed by atoms with Crippen LogP contribution in [0.4, 0.5) is 5.69 Å². The largest absolute Gasteiger partial charge is 0.497 e. The first-order valence-corrected chi connectivity index (χ1v) is 12.6. The van der Waals surface area contributed by atoms with E-state index in [4.69, 9.17) is 13.9 Å². The average Bonchev–Trinajstić information content (AvgIpc) is 3.66. The third kappa shape index (κ3) is 6.10. The fourth-order valence-electron chi connectivity index (χ4n) is 4.64. The molecule has 0 aliphatic heterocycles. The molecule has 2 heterocycles. The van der Waals surface area contributed by atoms with E-state index in [2.05, 4.69) is 20.7 Å². The molecular formula is C26H34N6O5. The van der Waals surface area contributed by atoms with Gasteiger partial charge in [0.05, 0.1) is 19.9 Å². The van der Waals surface area contributed by atoms with Crippen LogP contribution in [0.2, 0.25) is 0 Å². The average molecular weight is 511 g/mol. The third-order valence-electron chi connectivity index (χ3n) is 6.48. The molecule has 37 heavy (non-hydrogen) atoms. The molecule has 0 radical (unpaired) electrons. The van der Waals surface area contributed by atoms with Crippen molar-refractivity contribution >= 4 is 17.5 Å². The van der Waals surface area contributed by atoms with Gasteiger partial charge in [0, 0.05) is 12.1 Å². The Bertz CT molecular complexity index is 1220. The molecule has 1 aliphatic carbocycles. The number of amides is 2. The van der Waals surface area contributed by atoms with Crippen LogP contribution in [0.25, 0.3) is 11.6 Å². The Labute approximate surface area is 216 Å². The van der Waals surface area contributed by atoms with Gasteiger partial charge in [-0.1, -0.05) is 26.2 Å². The minimum Gasteiger partial charge on any atom is -0.497 e. The number of furan rings is 1. The van der Waals surface area contributed by atoms with Crippen molar-refractivity contribution in [2.45, 2.75) is 71.0 Å². The maximum Gasteiger partial charge on any atom is 0.251 e.